The Hall–Kier alpha value is -1.27. The van der Waals surface area contributed by atoms with Gasteiger partial charge in [-0.3, -0.25) is 0 Å². The van der Waals surface area contributed by atoms with E-state index in [1.165, 1.54) is 24.3 Å². The van der Waals surface area contributed by atoms with Gasteiger partial charge < -0.3 is 14.9 Å². The van der Waals surface area contributed by atoms with Crippen molar-refractivity contribution in [1.29, 1.82) is 0 Å². The maximum atomic E-state index is 11.9. The number of hydrogen-bond donors (Lipinski definition) is 2. The van der Waals surface area contributed by atoms with Crippen LogP contribution in [0.15, 0.2) is 24.3 Å². The summed E-state index contributed by atoms with van der Waals surface area (Å²) in [6.07, 6.45) is -4.01. The highest BCUT2D eigenvalue weighted by atomic mass is 19.4. The van der Waals surface area contributed by atoms with Gasteiger partial charge in [0, 0.05) is 6.61 Å². The number of hydrogen-bond acceptors (Lipinski definition) is 3. The molecule has 0 saturated carbocycles. The molecule has 1 unspecified atom stereocenters. The first-order valence-corrected chi connectivity index (χ1v) is 5.54. The van der Waals surface area contributed by atoms with Crippen LogP contribution in [-0.4, -0.2) is 29.3 Å². The molecule has 0 bridgehead atoms. The molecule has 0 saturated heterocycles. The highest BCUT2D eigenvalue weighted by Crippen LogP contribution is 2.23. The fourth-order valence-electron chi connectivity index (χ4n) is 1.53. The zero-order valence-corrected chi connectivity index (χ0v) is 9.65. The molecule has 2 N–H and O–H groups in total. The van der Waals surface area contributed by atoms with E-state index in [9.17, 15) is 18.3 Å². The summed E-state index contributed by atoms with van der Waals surface area (Å²) in [7, 11) is 0. The molecule has 0 radical (unpaired) electrons. The number of aliphatic hydroxyl groups excluding tert-OH is 2. The highest BCUT2D eigenvalue weighted by Gasteiger charge is 2.30. The predicted octanol–water partition coefficient (Wildman–Crippen LogP) is 2.26. The normalized spacial score (nSPS) is 13.4. The van der Waals surface area contributed by atoms with Gasteiger partial charge in [-0.25, -0.2) is 0 Å². The molecular formula is C12H15F3O3. The van der Waals surface area contributed by atoms with E-state index in [2.05, 4.69) is 4.74 Å². The smallest absolute Gasteiger partial charge is 0.406 e. The lowest BCUT2D eigenvalue weighted by Gasteiger charge is -2.11. The molecule has 0 amide bonds. The van der Waals surface area contributed by atoms with Crippen molar-refractivity contribution >= 4 is 0 Å². The topological polar surface area (TPSA) is 49.7 Å². The molecule has 1 aromatic carbocycles. The van der Waals surface area contributed by atoms with Gasteiger partial charge in [-0.1, -0.05) is 12.1 Å². The Morgan fingerprint density at radius 1 is 1.17 bits per heavy atom. The van der Waals surface area contributed by atoms with Gasteiger partial charge in [0.1, 0.15) is 5.75 Å². The van der Waals surface area contributed by atoms with Gasteiger partial charge in [0.15, 0.2) is 0 Å². The molecule has 0 aromatic heterocycles. The van der Waals surface area contributed by atoms with Gasteiger partial charge >= 0.3 is 6.36 Å². The molecule has 0 heterocycles. The number of benzene rings is 1. The Balaban J connectivity index is 2.50. The van der Waals surface area contributed by atoms with Crippen molar-refractivity contribution in [1.82, 2.24) is 0 Å². The lowest BCUT2D eigenvalue weighted by molar-refractivity contribution is -0.274. The monoisotopic (exact) mass is 264 g/mol. The van der Waals surface area contributed by atoms with Crippen LogP contribution in [0.3, 0.4) is 0 Å². The molecule has 102 valence electrons. The Kier molecular flexibility index (Phi) is 5.43. The Bertz CT molecular complexity index is 349. The number of aliphatic hydroxyl groups is 2. The number of ether oxygens (including phenoxy) is 1. The summed E-state index contributed by atoms with van der Waals surface area (Å²) in [5.74, 6) is -0.281. The molecule has 0 fully saturated rings. The zero-order chi connectivity index (χ0) is 13.6. The third kappa shape index (κ3) is 5.88. The summed E-state index contributed by atoms with van der Waals surface area (Å²) in [6.45, 7) is 0.00935. The zero-order valence-electron chi connectivity index (χ0n) is 9.65. The summed E-state index contributed by atoms with van der Waals surface area (Å²) in [5, 5.41) is 18.2. The lowest BCUT2D eigenvalue weighted by atomic mass is 10.0. The fraction of sp³-hybridized carbons (Fsp3) is 0.500. The van der Waals surface area contributed by atoms with Crippen molar-refractivity contribution in [3.05, 3.63) is 29.8 Å². The van der Waals surface area contributed by atoms with E-state index in [-0.39, 0.29) is 12.4 Å². The Morgan fingerprint density at radius 2 is 1.78 bits per heavy atom. The minimum atomic E-state index is -4.69. The first-order valence-electron chi connectivity index (χ1n) is 5.54. The van der Waals surface area contributed by atoms with E-state index >= 15 is 0 Å². The SMILES string of the molecule is OCCCC(O)Cc1ccc(OC(F)(F)F)cc1. The molecule has 1 atom stereocenters. The second kappa shape index (κ2) is 6.61. The molecule has 0 spiro atoms. The van der Waals surface area contributed by atoms with E-state index in [1.807, 2.05) is 0 Å². The summed E-state index contributed by atoms with van der Waals surface area (Å²) in [5.41, 5.74) is 0.718. The van der Waals surface area contributed by atoms with Gasteiger partial charge in [0.25, 0.3) is 0 Å². The third-order valence-electron chi connectivity index (χ3n) is 2.32. The standard InChI is InChI=1S/C12H15F3O3/c13-12(14,15)18-11-5-3-9(4-6-11)8-10(17)2-1-7-16/h3-6,10,16-17H,1-2,7-8H2. The van der Waals surface area contributed by atoms with Gasteiger partial charge in [-0.05, 0) is 37.0 Å². The summed E-state index contributed by atoms with van der Waals surface area (Å²) >= 11 is 0. The largest absolute Gasteiger partial charge is 0.573 e. The average Bonchev–Trinajstić information content (AvgIpc) is 2.27. The molecule has 0 aliphatic rings. The Morgan fingerprint density at radius 3 is 2.28 bits per heavy atom. The van der Waals surface area contributed by atoms with Crippen LogP contribution in [0.1, 0.15) is 18.4 Å². The van der Waals surface area contributed by atoms with Crippen LogP contribution in [-0.2, 0) is 6.42 Å². The number of halogens is 3. The minimum Gasteiger partial charge on any atom is -0.406 e. The second-order valence-corrected chi connectivity index (χ2v) is 3.92. The van der Waals surface area contributed by atoms with Gasteiger partial charge in [0.05, 0.1) is 6.10 Å². The van der Waals surface area contributed by atoms with Crippen molar-refractivity contribution in [3.8, 4) is 5.75 Å². The van der Waals surface area contributed by atoms with E-state index in [0.717, 1.165) is 5.56 Å². The lowest BCUT2D eigenvalue weighted by Crippen LogP contribution is -2.17. The van der Waals surface area contributed by atoms with Crippen molar-refractivity contribution in [3.63, 3.8) is 0 Å². The van der Waals surface area contributed by atoms with Crippen LogP contribution in [0.4, 0.5) is 13.2 Å². The van der Waals surface area contributed by atoms with Gasteiger partial charge in [-0.15, -0.1) is 13.2 Å². The molecule has 1 rings (SSSR count). The van der Waals surface area contributed by atoms with Crippen molar-refractivity contribution in [2.45, 2.75) is 31.7 Å². The van der Waals surface area contributed by atoms with Gasteiger partial charge in [0.2, 0.25) is 0 Å². The molecular weight excluding hydrogens is 249 g/mol. The van der Waals surface area contributed by atoms with Crippen molar-refractivity contribution < 1.29 is 28.1 Å². The number of alkyl halides is 3. The first-order chi connectivity index (χ1) is 8.40. The van der Waals surface area contributed by atoms with Crippen LogP contribution in [0, 0.1) is 0 Å². The molecule has 0 aliphatic heterocycles. The van der Waals surface area contributed by atoms with Crippen LogP contribution in [0.25, 0.3) is 0 Å². The molecule has 0 aliphatic carbocycles. The van der Waals surface area contributed by atoms with E-state index in [4.69, 9.17) is 5.11 Å². The summed E-state index contributed by atoms with van der Waals surface area (Å²) in [6, 6.07) is 5.37. The Labute approximate surface area is 103 Å². The van der Waals surface area contributed by atoms with Crippen molar-refractivity contribution in [2.24, 2.45) is 0 Å². The van der Waals surface area contributed by atoms with E-state index < -0.39 is 12.5 Å². The predicted molar refractivity (Wildman–Crippen MR) is 59.2 cm³/mol. The van der Waals surface area contributed by atoms with E-state index in [0.29, 0.717) is 19.3 Å². The van der Waals surface area contributed by atoms with Crippen LogP contribution < -0.4 is 4.74 Å². The van der Waals surface area contributed by atoms with E-state index in [1.54, 1.807) is 0 Å². The molecule has 6 heteroatoms. The third-order valence-corrected chi connectivity index (χ3v) is 2.32. The summed E-state index contributed by atoms with van der Waals surface area (Å²) in [4.78, 5) is 0. The number of rotatable bonds is 6. The summed E-state index contributed by atoms with van der Waals surface area (Å²) < 4.78 is 39.4. The van der Waals surface area contributed by atoms with Crippen LogP contribution in [0.2, 0.25) is 0 Å². The van der Waals surface area contributed by atoms with Crippen molar-refractivity contribution in [2.75, 3.05) is 6.61 Å². The van der Waals surface area contributed by atoms with Crippen LogP contribution in [0.5, 0.6) is 5.75 Å². The maximum absolute atomic E-state index is 11.9. The molecule has 1 aromatic rings. The second-order valence-electron chi connectivity index (χ2n) is 3.92. The average molecular weight is 264 g/mol. The molecule has 3 nitrogen and oxygen atoms in total. The quantitative estimate of drug-likeness (QED) is 0.828. The highest BCUT2D eigenvalue weighted by molar-refractivity contribution is 5.27. The minimum absolute atomic E-state index is 0.00935. The maximum Gasteiger partial charge on any atom is 0.573 e. The van der Waals surface area contributed by atoms with Crippen LogP contribution >= 0.6 is 0 Å². The van der Waals surface area contributed by atoms with Gasteiger partial charge in [-0.2, -0.15) is 0 Å². The molecule has 18 heavy (non-hydrogen) atoms. The fourth-order valence-corrected chi connectivity index (χ4v) is 1.53. The first kappa shape index (κ1) is 14.8.